The fraction of sp³-hybridized carbons (Fsp3) is 0.625. The Morgan fingerprint density at radius 3 is 2.74 bits per heavy atom. The van der Waals surface area contributed by atoms with Gasteiger partial charge in [-0.3, -0.25) is 4.90 Å². The summed E-state index contributed by atoms with van der Waals surface area (Å²) in [6.07, 6.45) is 0. The summed E-state index contributed by atoms with van der Waals surface area (Å²) in [5.74, 6) is 1.65. The number of para-hydroxylation sites is 1. The van der Waals surface area contributed by atoms with Gasteiger partial charge in [-0.1, -0.05) is 32.0 Å². The highest BCUT2D eigenvalue weighted by Gasteiger charge is 2.26. The molecule has 2 unspecified atom stereocenters. The molecule has 0 bridgehead atoms. The van der Waals surface area contributed by atoms with Crippen molar-refractivity contribution in [2.75, 3.05) is 26.2 Å². The number of piperazine rings is 1. The van der Waals surface area contributed by atoms with Crippen molar-refractivity contribution >= 4 is 0 Å². The molecule has 0 aromatic heterocycles. The lowest BCUT2D eigenvalue weighted by Crippen LogP contribution is -2.57. The van der Waals surface area contributed by atoms with Gasteiger partial charge in [-0.05, 0) is 25.0 Å². The maximum Gasteiger partial charge on any atom is 0.119 e. The van der Waals surface area contributed by atoms with Crippen molar-refractivity contribution in [2.24, 2.45) is 5.92 Å². The summed E-state index contributed by atoms with van der Waals surface area (Å²) >= 11 is 0. The highest BCUT2D eigenvalue weighted by atomic mass is 16.5. The van der Waals surface area contributed by atoms with Gasteiger partial charge in [0.25, 0.3) is 0 Å². The molecule has 1 heterocycles. The summed E-state index contributed by atoms with van der Waals surface area (Å²) in [7, 11) is 0. The summed E-state index contributed by atoms with van der Waals surface area (Å²) in [6, 6.07) is 11.3. The molecule has 3 heteroatoms. The quantitative estimate of drug-likeness (QED) is 0.882. The van der Waals surface area contributed by atoms with Crippen molar-refractivity contribution in [2.45, 2.75) is 32.9 Å². The molecule has 0 spiro atoms. The molecule has 0 amide bonds. The monoisotopic (exact) mass is 262 g/mol. The predicted molar refractivity (Wildman–Crippen MR) is 79.6 cm³/mol. The normalized spacial score (nSPS) is 24.6. The van der Waals surface area contributed by atoms with Crippen LogP contribution in [0.1, 0.15) is 20.8 Å². The fourth-order valence-corrected chi connectivity index (χ4v) is 2.50. The van der Waals surface area contributed by atoms with Crippen LogP contribution in [-0.2, 0) is 0 Å². The molecule has 1 N–H and O–H groups in total. The van der Waals surface area contributed by atoms with Gasteiger partial charge in [0.1, 0.15) is 12.4 Å². The standard InChI is InChI=1S/C16H26N2O/c1-13(2)16-12-18(14(3)11-17-16)9-10-19-15-7-5-4-6-8-15/h4-8,13-14,16-17H,9-12H2,1-3H3. The third kappa shape index (κ3) is 4.22. The number of rotatable bonds is 5. The predicted octanol–water partition coefficient (Wildman–Crippen LogP) is 2.38. The second kappa shape index (κ2) is 6.92. The molecule has 2 atom stereocenters. The lowest BCUT2D eigenvalue weighted by Gasteiger charge is -2.40. The summed E-state index contributed by atoms with van der Waals surface area (Å²) in [6.45, 7) is 10.8. The number of benzene rings is 1. The van der Waals surface area contributed by atoms with Crippen molar-refractivity contribution in [1.29, 1.82) is 0 Å². The molecule has 106 valence electrons. The van der Waals surface area contributed by atoms with Crippen LogP contribution in [0.5, 0.6) is 5.75 Å². The van der Waals surface area contributed by atoms with Gasteiger partial charge in [-0.25, -0.2) is 0 Å². The molecular formula is C16H26N2O. The van der Waals surface area contributed by atoms with Gasteiger partial charge < -0.3 is 10.1 Å². The second-order valence-electron chi connectivity index (χ2n) is 5.76. The van der Waals surface area contributed by atoms with E-state index in [4.69, 9.17) is 4.74 Å². The number of hydrogen-bond donors (Lipinski definition) is 1. The number of nitrogens with zero attached hydrogens (tertiary/aromatic N) is 1. The number of hydrogen-bond acceptors (Lipinski definition) is 3. The van der Waals surface area contributed by atoms with E-state index in [0.29, 0.717) is 18.0 Å². The lowest BCUT2D eigenvalue weighted by atomic mass is 10.00. The Kier molecular flexibility index (Phi) is 5.23. The summed E-state index contributed by atoms with van der Waals surface area (Å²) in [5.41, 5.74) is 0. The minimum absolute atomic E-state index is 0.592. The highest BCUT2D eigenvalue weighted by molar-refractivity contribution is 5.20. The maximum atomic E-state index is 5.79. The van der Waals surface area contributed by atoms with Crippen LogP contribution >= 0.6 is 0 Å². The number of nitrogens with one attached hydrogen (secondary N) is 1. The second-order valence-corrected chi connectivity index (χ2v) is 5.76. The average Bonchev–Trinajstić information content (AvgIpc) is 2.42. The van der Waals surface area contributed by atoms with Gasteiger partial charge in [0.2, 0.25) is 0 Å². The van der Waals surface area contributed by atoms with E-state index in [1.165, 1.54) is 0 Å². The minimum atomic E-state index is 0.592. The first-order chi connectivity index (χ1) is 9.16. The molecule has 19 heavy (non-hydrogen) atoms. The first-order valence-corrected chi connectivity index (χ1v) is 7.32. The first kappa shape index (κ1) is 14.4. The molecule has 3 nitrogen and oxygen atoms in total. The molecule has 1 aromatic rings. The van der Waals surface area contributed by atoms with Crippen LogP contribution in [0.4, 0.5) is 0 Å². The van der Waals surface area contributed by atoms with Crippen molar-refractivity contribution < 1.29 is 4.74 Å². The van der Waals surface area contributed by atoms with E-state index in [-0.39, 0.29) is 0 Å². The van der Waals surface area contributed by atoms with E-state index >= 15 is 0 Å². The van der Waals surface area contributed by atoms with Crippen molar-refractivity contribution in [3.63, 3.8) is 0 Å². The van der Waals surface area contributed by atoms with Gasteiger partial charge >= 0.3 is 0 Å². The molecule has 1 aliphatic heterocycles. The summed E-state index contributed by atoms with van der Waals surface area (Å²) in [4.78, 5) is 2.53. The molecule has 1 aromatic carbocycles. The number of ether oxygens (including phenoxy) is 1. The Labute approximate surface area is 116 Å². The Balaban J connectivity index is 1.77. The zero-order valence-corrected chi connectivity index (χ0v) is 12.3. The van der Waals surface area contributed by atoms with Crippen LogP contribution in [-0.4, -0.2) is 43.2 Å². The van der Waals surface area contributed by atoms with Crippen molar-refractivity contribution in [3.8, 4) is 5.75 Å². The summed E-state index contributed by atoms with van der Waals surface area (Å²) in [5, 5.41) is 3.62. The van der Waals surface area contributed by atoms with E-state index in [0.717, 1.165) is 32.0 Å². The average molecular weight is 262 g/mol. The van der Waals surface area contributed by atoms with Crippen LogP contribution in [0, 0.1) is 5.92 Å². The Morgan fingerprint density at radius 1 is 1.32 bits per heavy atom. The first-order valence-electron chi connectivity index (χ1n) is 7.32. The third-order valence-corrected chi connectivity index (χ3v) is 3.93. The van der Waals surface area contributed by atoms with Gasteiger partial charge in [0.05, 0.1) is 0 Å². The van der Waals surface area contributed by atoms with Crippen LogP contribution in [0.15, 0.2) is 30.3 Å². The zero-order valence-electron chi connectivity index (χ0n) is 12.3. The Bertz CT molecular complexity index is 366. The maximum absolute atomic E-state index is 5.79. The SMILES string of the molecule is CC(C)C1CN(CCOc2ccccc2)C(C)CN1. The van der Waals surface area contributed by atoms with E-state index in [1.807, 2.05) is 30.3 Å². The lowest BCUT2D eigenvalue weighted by molar-refractivity contribution is 0.104. The minimum Gasteiger partial charge on any atom is -0.492 e. The van der Waals surface area contributed by atoms with Crippen LogP contribution in [0.25, 0.3) is 0 Å². The topological polar surface area (TPSA) is 24.5 Å². The molecule has 1 fully saturated rings. The molecule has 2 rings (SSSR count). The molecule has 0 radical (unpaired) electrons. The van der Waals surface area contributed by atoms with Crippen LogP contribution < -0.4 is 10.1 Å². The van der Waals surface area contributed by atoms with Gasteiger partial charge in [-0.2, -0.15) is 0 Å². The van der Waals surface area contributed by atoms with Gasteiger partial charge in [-0.15, -0.1) is 0 Å². The van der Waals surface area contributed by atoms with Gasteiger partial charge in [0, 0.05) is 31.7 Å². The zero-order chi connectivity index (χ0) is 13.7. The molecule has 1 aliphatic rings. The highest BCUT2D eigenvalue weighted by Crippen LogP contribution is 2.13. The van der Waals surface area contributed by atoms with Crippen molar-refractivity contribution in [3.05, 3.63) is 30.3 Å². The molecular weight excluding hydrogens is 236 g/mol. The largest absolute Gasteiger partial charge is 0.492 e. The Hall–Kier alpha value is -1.06. The van der Waals surface area contributed by atoms with E-state index in [9.17, 15) is 0 Å². The smallest absolute Gasteiger partial charge is 0.119 e. The fourth-order valence-electron chi connectivity index (χ4n) is 2.50. The Morgan fingerprint density at radius 2 is 2.05 bits per heavy atom. The molecule has 1 saturated heterocycles. The van der Waals surface area contributed by atoms with Crippen LogP contribution in [0.3, 0.4) is 0 Å². The summed E-state index contributed by atoms with van der Waals surface area (Å²) < 4.78 is 5.79. The molecule has 0 saturated carbocycles. The van der Waals surface area contributed by atoms with E-state index in [1.54, 1.807) is 0 Å². The van der Waals surface area contributed by atoms with Crippen LogP contribution in [0.2, 0.25) is 0 Å². The van der Waals surface area contributed by atoms with Crippen molar-refractivity contribution in [1.82, 2.24) is 10.2 Å². The third-order valence-electron chi connectivity index (χ3n) is 3.93. The van der Waals surface area contributed by atoms with E-state index in [2.05, 4.69) is 31.0 Å². The molecule has 0 aliphatic carbocycles. The van der Waals surface area contributed by atoms with E-state index < -0.39 is 0 Å². The van der Waals surface area contributed by atoms with Gasteiger partial charge in [0.15, 0.2) is 0 Å².